The number of aryl methyl sites for hydroxylation is 3. The minimum Gasteiger partial charge on any atom is -0.375 e. The van der Waals surface area contributed by atoms with E-state index in [2.05, 4.69) is 37.3 Å². The minimum atomic E-state index is 0.203. The van der Waals surface area contributed by atoms with E-state index >= 15 is 0 Å². The molecule has 3 heterocycles. The number of nitrogens with zero attached hydrogens (tertiary/aromatic N) is 4. The summed E-state index contributed by atoms with van der Waals surface area (Å²) in [5.41, 5.74) is 3.30. The van der Waals surface area contributed by atoms with Gasteiger partial charge in [0.1, 0.15) is 5.82 Å². The van der Waals surface area contributed by atoms with E-state index in [0.29, 0.717) is 0 Å². The van der Waals surface area contributed by atoms with Gasteiger partial charge in [0.25, 0.3) is 0 Å². The Labute approximate surface area is 143 Å². The van der Waals surface area contributed by atoms with Gasteiger partial charge in [-0.05, 0) is 50.5 Å². The number of rotatable bonds is 5. The summed E-state index contributed by atoms with van der Waals surface area (Å²) in [7, 11) is 1.89. The van der Waals surface area contributed by atoms with Crippen LogP contribution in [0.15, 0.2) is 24.4 Å². The van der Waals surface area contributed by atoms with E-state index in [4.69, 9.17) is 4.74 Å². The van der Waals surface area contributed by atoms with Crippen LogP contribution in [0.1, 0.15) is 23.4 Å². The Morgan fingerprint density at radius 3 is 2.79 bits per heavy atom. The zero-order chi connectivity index (χ0) is 16.9. The van der Waals surface area contributed by atoms with Gasteiger partial charge in [0.15, 0.2) is 0 Å². The largest absolute Gasteiger partial charge is 0.375 e. The highest BCUT2D eigenvalue weighted by molar-refractivity contribution is 5.37. The van der Waals surface area contributed by atoms with Crippen molar-refractivity contribution in [2.45, 2.75) is 32.8 Å². The molecule has 6 heteroatoms. The lowest BCUT2D eigenvalue weighted by atomic mass is 10.1. The quantitative estimate of drug-likeness (QED) is 0.910. The normalized spacial score (nSPS) is 17.8. The Bertz CT molecular complexity index is 671. The van der Waals surface area contributed by atoms with Crippen LogP contribution in [0.25, 0.3) is 0 Å². The Balaban J connectivity index is 1.61. The third kappa shape index (κ3) is 4.20. The summed E-state index contributed by atoms with van der Waals surface area (Å²) < 4.78 is 5.94. The number of nitrogens with one attached hydrogen (secondary N) is 1. The van der Waals surface area contributed by atoms with Crippen molar-refractivity contribution in [3.8, 4) is 0 Å². The van der Waals surface area contributed by atoms with Crippen molar-refractivity contribution >= 4 is 11.8 Å². The highest BCUT2D eigenvalue weighted by atomic mass is 16.5. The highest BCUT2D eigenvalue weighted by Crippen LogP contribution is 2.18. The van der Waals surface area contributed by atoms with Crippen molar-refractivity contribution in [2.24, 2.45) is 0 Å². The molecule has 0 bridgehead atoms. The molecule has 3 rings (SSSR count). The maximum absolute atomic E-state index is 5.94. The molecule has 1 saturated heterocycles. The molecule has 0 spiro atoms. The third-order valence-electron chi connectivity index (χ3n) is 4.23. The van der Waals surface area contributed by atoms with Crippen LogP contribution in [0, 0.1) is 13.8 Å². The number of anilines is 2. The van der Waals surface area contributed by atoms with Crippen LogP contribution in [0.3, 0.4) is 0 Å². The number of hydrogen-bond acceptors (Lipinski definition) is 6. The van der Waals surface area contributed by atoms with Gasteiger partial charge in [-0.2, -0.15) is 0 Å². The first kappa shape index (κ1) is 16.6. The Morgan fingerprint density at radius 2 is 2.04 bits per heavy atom. The van der Waals surface area contributed by atoms with Crippen LogP contribution in [-0.4, -0.2) is 47.8 Å². The maximum atomic E-state index is 5.94. The van der Waals surface area contributed by atoms with Gasteiger partial charge in [-0.15, -0.1) is 0 Å². The van der Waals surface area contributed by atoms with Gasteiger partial charge in [0, 0.05) is 37.7 Å². The van der Waals surface area contributed by atoms with Crippen LogP contribution in [0.2, 0.25) is 0 Å². The summed E-state index contributed by atoms with van der Waals surface area (Å²) in [6.45, 7) is 6.43. The van der Waals surface area contributed by atoms with Gasteiger partial charge in [-0.1, -0.05) is 0 Å². The molecule has 1 atom stereocenters. The summed E-state index contributed by atoms with van der Waals surface area (Å²) in [5.74, 6) is 1.73. The lowest BCUT2D eigenvalue weighted by molar-refractivity contribution is 0.0349. The first-order valence-corrected chi connectivity index (χ1v) is 8.45. The molecule has 0 aromatic carbocycles. The summed E-state index contributed by atoms with van der Waals surface area (Å²) in [6.07, 6.45) is 4.01. The van der Waals surface area contributed by atoms with Crippen molar-refractivity contribution in [2.75, 3.05) is 37.0 Å². The van der Waals surface area contributed by atoms with Crippen LogP contribution in [0.4, 0.5) is 11.8 Å². The van der Waals surface area contributed by atoms with E-state index in [0.717, 1.165) is 55.7 Å². The molecule has 0 amide bonds. The first-order chi connectivity index (χ1) is 11.6. The molecule has 0 unspecified atom stereocenters. The molecule has 1 N–H and O–H groups in total. The molecule has 6 nitrogen and oxygen atoms in total. The van der Waals surface area contributed by atoms with Crippen LogP contribution < -0.4 is 10.2 Å². The lowest BCUT2D eigenvalue weighted by Gasteiger charge is -2.33. The summed E-state index contributed by atoms with van der Waals surface area (Å²) in [5, 5.41) is 3.08. The lowest BCUT2D eigenvalue weighted by Crippen LogP contribution is -2.43. The number of aromatic nitrogens is 3. The molecule has 1 aliphatic heterocycles. The molecule has 24 heavy (non-hydrogen) atoms. The zero-order valence-corrected chi connectivity index (χ0v) is 14.6. The van der Waals surface area contributed by atoms with Crippen molar-refractivity contribution in [1.82, 2.24) is 15.0 Å². The maximum Gasteiger partial charge on any atom is 0.225 e. The third-order valence-corrected chi connectivity index (χ3v) is 4.23. The minimum absolute atomic E-state index is 0.203. The summed E-state index contributed by atoms with van der Waals surface area (Å²) >= 11 is 0. The Hall–Kier alpha value is -2.21. The summed E-state index contributed by atoms with van der Waals surface area (Å²) in [4.78, 5) is 15.6. The molecule has 2 aromatic rings. The molecule has 2 aromatic heterocycles. The van der Waals surface area contributed by atoms with Crippen LogP contribution in [0.5, 0.6) is 0 Å². The van der Waals surface area contributed by atoms with Crippen molar-refractivity contribution in [3.63, 3.8) is 0 Å². The molecular formula is C18H25N5O. The van der Waals surface area contributed by atoms with Crippen molar-refractivity contribution in [3.05, 3.63) is 41.3 Å². The highest BCUT2D eigenvalue weighted by Gasteiger charge is 2.22. The summed E-state index contributed by atoms with van der Waals surface area (Å²) in [6, 6.07) is 6.16. The van der Waals surface area contributed by atoms with E-state index in [1.807, 2.05) is 33.2 Å². The second kappa shape index (κ2) is 7.57. The fraction of sp³-hybridized carbons (Fsp3) is 0.500. The van der Waals surface area contributed by atoms with E-state index in [1.165, 1.54) is 5.56 Å². The monoisotopic (exact) mass is 327 g/mol. The molecule has 128 valence electrons. The predicted octanol–water partition coefficient (Wildman–Crippen LogP) is 2.37. The van der Waals surface area contributed by atoms with Gasteiger partial charge in [0.2, 0.25) is 5.95 Å². The van der Waals surface area contributed by atoms with Crippen molar-refractivity contribution in [1.29, 1.82) is 0 Å². The molecule has 1 fully saturated rings. The smallest absolute Gasteiger partial charge is 0.225 e. The van der Waals surface area contributed by atoms with E-state index in [9.17, 15) is 0 Å². The predicted molar refractivity (Wildman–Crippen MR) is 95.6 cm³/mol. The standard InChI is InChI=1S/C18H25N5O/c1-13-10-14(2)22-18(21-13)23-8-9-24-16(12-23)5-4-15-6-7-20-17(11-15)19-3/h6-7,10-11,16H,4-5,8-9,12H2,1-3H3,(H,19,20)/t16-/m1/s1. The number of hydrogen-bond donors (Lipinski definition) is 1. The first-order valence-electron chi connectivity index (χ1n) is 8.45. The average molecular weight is 327 g/mol. The zero-order valence-electron chi connectivity index (χ0n) is 14.6. The Morgan fingerprint density at radius 1 is 1.25 bits per heavy atom. The molecule has 0 radical (unpaired) electrons. The van der Waals surface area contributed by atoms with Crippen molar-refractivity contribution < 1.29 is 4.74 Å². The van der Waals surface area contributed by atoms with E-state index in [-0.39, 0.29) is 6.10 Å². The fourth-order valence-electron chi connectivity index (χ4n) is 3.02. The molecule has 0 saturated carbocycles. The number of pyridine rings is 1. The van der Waals surface area contributed by atoms with E-state index in [1.54, 1.807) is 0 Å². The second-order valence-corrected chi connectivity index (χ2v) is 6.23. The molecular weight excluding hydrogens is 302 g/mol. The Kier molecular flexibility index (Phi) is 5.25. The van der Waals surface area contributed by atoms with Gasteiger partial charge in [-0.3, -0.25) is 0 Å². The van der Waals surface area contributed by atoms with E-state index < -0.39 is 0 Å². The molecule has 0 aliphatic carbocycles. The van der Waals surface area contributed by atoms with Gasteiger partial charge >= 0.3 is 0 Å². The second-order valence-electron chi connectivity index (χ2n) is 6.23. The molecule has 1 aliphatic rings. The SMILES string of the molecule is CNc1cc(CC[C@@H]2CN(c3nc(C)cc(C)n3)CCO2)ccn1. The number of ether oxygens (including phenoxy) is 1. The number of morpholine rings is 1. The van der Waals surface area contributed by atoms with Gasteiger partial charge in [0.05, 0.1) is 12.7 Å². The van der Waals surface area contributed by atoms with Crippen LogP contribution in [-0.2, 0) is 11.2 Å². The van der Waals surface area contributed by atoms with Crippen LogP contribution >= 0.6 is 0 Å². The topological polar surface area (TPSA) is 63.2 Å². The average Bonchev–Trinajstić information content (AvgIpc) is 2.59. The van der Waals surface area contributed by atoms with Gasteiger partial charge in [-0.25, -0.2) is 15.0 Å². The van der Waals surface area contributed by atoms with Gasteiger partial charge < -0.3 is 15.0 Å². The fourth-order valence-corrected chi connectivity index (χ4v) is 3.02.